The minimum absolute atomic E-state index is 0.0994. The van der Waals surface area contributed by atoms with Gasteiger partial charge in [0.25, 0.3) is 6.47 Å². The standard InChI is InChI=1S/C11H11BrClN3O2/c12-10-5-7(15-16-10)4-9(18-6-17)11-8(13)2-1-3-14-11/h1-3,6-7,9,15H,4-5H2. The summed E-state index contributed by atoms with van der Waals surface area (Å²) in [5.74, 6) is 0. The van der Waals surface area contributed by atoms with Crippen LogP contribution in [0.4, 0.5) is 0 Å². The molecule has 0 amide bonds. The minimum Gasteiger partial charge on any atom is -0.458 e. The molecular weight excluding hydrogens is 321 g/mol. The fraction of sp³-hybridized carbons (Fsp3) is 0.364. The second-order valence-electron chi connectivity index (χ2n) is 3.85. The first kappa shape index (κ1) is 13.3. The molecule has 1 aliphatic rings. The number of nitrogens with one attached hydrogen (secondary N) is 1. The van der Waals surface area contributed by atoms with E-state index in [0.29, 0.717) is 23.6 Å². The molecule has 2 rings (SSSR count). The molecule has 1 aliphatic heterocycles. The number of nitrogens with zero attached hydrogens (tertiary/aromatic N) is 2. The molecule has 0 saturated carbocycles. The number of ether oxygens (including phenoxy) is 1. The molecule has 1 N–H and O–H groups in total. The molecule has 1 aromatic rings. The fourth-order valence-corrected chi connectivity index (χ4v) is 2.52. The van der Waals surface area contributed by atoms with Crippen LogP contribution in [0, 0.1) is 0 Å². The number of hydrogen-bond acceptors (Lipinski definition) is 5. The summed E-state index contributed by atoms with van der Waals surface area (Å²) in [7, 11) is 0. The van der Waals surface area contributed by atoms with Crippen LogP contribution >= 0.6 is 27.5 Å². The van der Waals surface area contributed by atoms with Crippen molar-refractivity contribution in [3.8, 4) is 0 Å². The lowest BCUT2D eigenvalue weighted by atomic mass is 10.0. The first-order valence-corrected chi connectivity index (χ1v) is 6.55. The van der Waals surface area contributed by atoms with Crippen molar-refractivity contribution in [3.63, 3.8) is 0 Å². The summed E-state index contributed by atoms with van der Waals surface area (Å²) in [6.07, 6.45) is 2.47. The van der Waals surface area contributed by atoms with Crippen LogP contribution < -0.4 is 5.43 Å². The third-order valence-electron chi connectivity index (χ3n) is 2.59. The molecule has 96 valence electrons. The molecule has 2 atom stereocenters. The van der Waals surface area contributed by atoms with Crippen molar-refractivity contribution in [3.05, 3.63) is 29.0 Å². The van der Waals surface area contributed by atoms with Crippen molar-refractivity contribution in [1.29, 1.82) is 0 Å². The maximum Gasteiger partial charge on any atom is 0.293 e. The molecular formula is C11H11BrClN3O2. The van der Waals surface area contributed by atoms with E-state index in [1.165, 1.54) is 0 Å². The number of hydrogen-bond donors (Lipinski definition) is 1. The van der Waals surface area contributed by atoms with Gasteiger partial charge in [-0.1, -0.05) is 11.6 Å². The second-order valence-corrected chi connectivity index (χ2v) is 5.17. The average molecular weight is 333 g/mol. The Morgan fingerprint density at radius 2 is 2.56 bits per heavy atom. The van der Waals surface area contributed by atoms with Crippen LogP contribution in [0.15, 0.2) is 23.4 Å². The van der Waals surface area contributed by atoms with Gasteiger partial charge in [-0.25, -0.2) is 0 Å². The van der Waals surface area contributed by atoms with Gasteiger partial charge in [0.2, 0.25) is 0 Å². The zero-order valence-corrected chi connectivity index (χ0v) is 11.7. The van der Waals surface area contributed by atoms with E-state index in [0.717, 1.165) is 11.0 Å². The third kappa shape index (κ3) is 3.20. The van der Waals surface area contributed by atoms with E-state index >= 15 is 0 Å². The molecule has 7 heteroatoms. The molecule has 2 unspecified atom stereocenters. The first-order chi connectivity index (χ1) is 8.70. The van der Waals surface area contributed by atoms with Crippen LogP contribution in [-0.4, -0.2) is 22.1 Å². The van der Waals surface area contributed by atoms with E-state index < -0.39 is 6.10 Å². The lowest BCUT2D eigenvalue weighted by Crippen LogP contribution is -2.23. The van der Waals surface area contributed by atoms with E-state index in [1.54, 1.807) is 18.3 Å². The van der Waals surface area contributed by atoms with Crippen molar-refractivity contribution in [2.45, 2.75) is 25.0 Å². The molecule has 0 aliphatic carbocycles. The summed E-state index contributed by atoms with van der Waals surface area (Å²) in [6, 6.07) is 3.55. The van der Waals surface area contributed by atoms with E-state index in [4.69, 9.17) is 16.3 Å². The summed E-state index contributed by atoms with van der Waals surface area (Å²) in [6.45, 7) is 0.417. The summed E-state index contributed by atoms with van der Waals surface area (Å²) < 4.78 is 5.92. The number of rotatable bonds is 5. The Kier molecular flexibility index (Phi) is 4.54. The van der Waals surface area contributed by atoms with E-state index in [-0.39, 0.29) is 6.04 Å². The fourth-order valence-electron chi connectivity index (χ4n) is 1.78. The van der Waals surface area contributed by atoms with Crippen molar-refractivity contribution >= 4 is 38.6 Å². The molecule has 18 heavy (non-hydrogen) atoms. The van der Waals surface area contributed by atoms with Crippen LogP contribution in [0.5, 0.6) is 0 Å². The largest absolute Gasteiger partial charge is 0.458 e. The first-order valence-electron chi connectivity index (χ1n) is 5.38. The smallest absolute Gasteiger partial charge is 0.293 e. The van der Waals surface area contributed by atoms with Crippen molar-refractivity contribution in [1.82, 2.24) is 10.4 Å². The lowest BCUT2D eigenvalue weighted by molar-refractivity contribution is -0.134. The van der Waals surface area contributed by atoms with Gasteiger partial charge in [-0.2, -0.15) is 5.10 Å². The zero-order chi connectivity index (χ0) is 13.0. The molecule has 0 bridgehead atoms. The highest BCUT2D eigenvalue weighted by Gasteiger charge is 2.25. The molecule has 0 spiro atoms. The Bertz CT molecular complexity index is 469. The molecule has 0 saturated heterocycles. The van der Waals surface area contributed by atoms with Gasteiger partial charge < -0.3 is 10.2 Å². The van der Waals surface area contributed by atoms with E-state index in [9.17, 15) is 4.79 Å². The number of halogens is 2. The summed E-state index contributed by atoms with van der Waals surface area (Å²) >= 11 is 9.37. The van der Waals surface area contributed by atoms with Gasteiger partial charge in [0.15, 0.2) is 0 Å². The van der Waals surface area contributed by atoms with Gasteiger partial charge in [0.1, 0.15) is 10.7 Å². The maximum atomic E-state index is 10.6. The van der Waals surface area contributed by atoms with Crippen LogP contribution in [0.3, 0.4) is 0 Å². The normalized spacial score (nSPS) is 19.9. The predicted molar refractivity (Wildman–Crippen MR) is 71.7 cm³/mol. The monoisotopic (exact) mass is 331 g/mol. The van der Waals surface area contributed by atoms with Gasteiger partial charge in [0.05, 0.1) is 16.8 Å². The Morgan fingerprint density at radius 3 is 3.17 bits per heavy atom. The highest BCUT2D eigenvalue weighted by molar-refractivity contribution is 9.18. The SMILES string of the molecule is O=COC(CC1CC(Br)=NN1)c1ncccc1Cl. The molecule has 0 aromatic carbocycles. The molecule has 1 aromatic heterocycles. The van der Waals surface area contributed by atoms with Crippen molar-refractivity contribution in [2.75, 3.05) is 0 Å². The average Bonchev–Trinajstić information content (AvgIpc) is 2.75. The number of pyridine rings is 1. The van der Waals surface area contributed by atoms with Crippen molar-refractivity contribution < 1.29 is 9.53 Å². The highest BCUT2D eigenvalue weighted by atomic mass is 79.9. The molecule has 0 fully saturated rings. The molecule has 0 radical (unpaired) electrons. The Balaban J connectivity index is 2.09. The van der Waals surface area contributed by atoms with Crippen LogP contribution in [0.25, 0.3) is 0 Å². The third-order valence-corrected chi connectivity index (χ3v) is 3.41. The minimum atomic E-state index is -0.470. The second kappa shape index (κ2) is 6.15. The van der Waals surface area contributed by atoms with Crippen LogP contribution in [0.2, 0.25) is 5.02 Å². The molecule has 5 nitrogen and oxygen atoms in total. The zero-order valence-electron chi connectivity index (χ0n) is 9.35. The van der Waals surface area contributed by atoms with Gasteiger partial charge >= 0.3 is 0 Å². The van der Waals surface area contributed by atoms with Gasteiger partial charge in [-0.15, -0.1) is 0 Å². The Labute approximate surface area is 118 Å². The van der Waals surface area contributed by atoms with E-state index in [1.807, 2.05) is 0 Å². The quantitative estimate of drug-likeness (QED) is 0.841. The summed E-state index contributed by atoms with van der Waals surface area (Å²) in [5.41, 5.74) is 3.52. The van der Waals surface area contributed by atoms with Gasteiger partial charge in [-0.05, 0) is 28.1 Å². The number of carbonyl (C=O) groups is 1. The van der Waals surface area contributed by atoms with Gasteiger partial charge in [-0.3, -0.25) is 9.78 Å². The number of aromatic nitrogens is 1. The highest BCUT2D eigenvalue weighted by Crippen LogP contribution is 2.28. The maximum absolute atomic E-state index is 10.6. The Hall–Kier alpha value is -1.14. The van der Waals surface area contributed by atoms with E-state index in [2.05, 4.69) is 31.4 Å². The number of hydrazone groups is 1. The van der Waals surface area contributed by atoms with Crippen LogP contribution in [0.1, 0.15) is 24.6 Å². The van der Waals surface area contributed by atoms with Crippen LogP contribution in [-0.2, 0) is 9.53 Å². The lowest BCUT2D eigenvalue weighted by Gasteiger charge is -2.19. The number of carbonyl (C=O) groups excluding carboxylic acids is 1. The summed E-state index contributed by atoms with van der Waals surface area (Å²) in [5, 5.41) is 4.52. The summed E-state index contributed by atoms with van der Waals surface area (Å²) in [4.78, 5) is 14.8. The Morgan fingerprint density at radius 1 is 1.72 bits per heavy atom. The molecule has 2 heterocycles. The topological polar surface area (TPSA) is 63.6 Å². The predicted octanol–water partition coefficient (Wildman–Crippen LogP) is 2.41. The van der Waals surface area contributed by atoms with Gasteiger partial charge in [0, 0.05) is 19.0 Å². The van der Waals surface area contributed by atoms with Crippen molar-refractivity contribution in [2.24, 2.45) is 5.10 Å².